The minimum atomic E-state index is -0.115. The van der Waals surface area contributed by atoms with Gasteiger partial charge in [0, 0.05) is 25.6 Å². The fourth-order valence-electron chi connectivity index (χ4n) is 3.01. The third-order valence-electron chi connectivity index (χ3n) is 4.48. The van der Waals surface area contributed by atoms with Crippen molar-refractivity contribution in [1.82, 2.24) is 10.2 Å². The first-order valence-corrected chi connectivity index (χ1v) is 8.75. The van der Waals surface area contributed by atoms with E-state index < -0.39 is 0 Å². The molecule has 1 heterocycles. The molecule has 25 heavy (non-hydrogen) atoms. The summed E-state index contributed by atoms with van der Waals surface area (Å²) in [5.74, 6) is 1.39. The molecule has 6 heteroatoms. The van der Waals surface area contributed by atoms with Crippen molar-refractivity contribution in [3.8, 4) is 11.5 Å². The van der Waals surface area contributed by atoms with Crippen LogP contribution in [0.2, 0.25) is 0 Å². The Labute approximate surface area is 149 Å². The topological polar surface area (TPSA) is 67.9 Å². The molecule has 1 aliphatic heterocycles. The number of hydrogen-bond donors (Lipinski definition) is 1. The Kier molecular flexibility index (Phi) is 6.67. The highest BCUT2D eigenvalue weighted by molar-refractivity contribution is 5.99. The zero-order valence-corrected chi connectivity index (χ0v) is 15.5. The van der Waals surface area contributed by atoms with Crippen LogP contribution in [-0.2, 0) is 4.79 Å². The van der Waals surface area contributed by atoms with Crippen molar-refractivity contribution in [3.63, 3.8) is 0 Å². The highest BCUT2D eigenvalue weighted by Crippen LogP contribution is 2.31. The van der Waals surface area contributed by atoms with Crippen LogP contribution in [0.1, 0.15) is 37.0 Å². The number of nitrogens with zero attached hydrogens (tertiary/aromatic N) is 1. The fraction of sp³-hybridized carbons (Fsp3) is 0.579. The van der Waals surface area contributed by atoms with Gasteiger partial charge in [0.2, 0.25) is 5.91 Å². The summed E-state index contributed by atoms with van der Waals surface area (Å²) in [6.45, 7) is 5.94. The Hall–Kier alpha value is -2.24. The summed E-state index contributed by atoms with van der Waals surface area (Å²) < 4.78 is 10.6. The van der Waals surface area contributed by atoms with Crippen LogP contribution >= 0.6 is 0 Å². The van der Waals surface area contributed by atoms with Gasteiger partial charge in [-0.3, -0.25) is 9.59 Å². The van der Waals surface area contributed by atoms with Crippen LogP contribution < -0.4 is 14.8 Å². The van der Waals surface area contributed by atoms with E-state index in [0.717, 1.165) is 0 Å². The average Bonchev–Trinajstić information content (AvgIpc) is 2.64. The van der Waals surface area contributed by atoms with Gasteiger partial charge >= 0.3 is 0 Å². The first-order chi connectivity index (χ1) is 12.0. The molecule has 0 unspecified atom stereocenters. The number of carbonyl (C=O) groups is 2. The number of ether oxygens (including phenoxy) is 2. The zero-order valence-electron chi connectivity index (χ0n) is 15.5. The monoisotopic (exact) mass is 348 g/mol. The van der Waals surface area contributed by atoms with Gasteiger partial charge < -0.3 is 19.7 Å². The Morgan fingerprint density at radius 1 is 1.16 bits per heavy atom. The SMILES string of the molecule is COc1cccc(OC)c1C(=O)N1CCC(C(=O)NCC(C)C)CC1. The summed E-state index contributed by atoms with van der Waals surface area (Å²) in [5.41, 5.74) is 0.440. The highest BCUT2D eigenvalue weighted by Gasteiger charge is 2.30. The number of rotatable bonds is 6. The molecular formula is C19H28N2O4. The molecule has 0 atom stereocenters. The number of benzene rings is 1. The number of likely N-dealkylation sites (tertiary alicyclic amines) is 1. The summed E-state index contributed by atoms with van der Waals surface area (Å²) in [4.78, 5) is 26.9. The van der Waals surface area contributed by atoms with Crippen LogP contribution in [0, 0.1) is 11.8 Å². The fourth-order valence-corrected chi connectivity index (χ4v) is 3.01. The van der Waals surface area contributed by atoms with Gasteiger partial charge in [-0.1, -0.05) is 19.9 Å². The van der Waals surface area contributed by atoms with E-state index in [-0.39, 0.29) is 17.7 Å². The molecule has 0 spiro atoms. The molecule has 2 rings (SSSR count). The van der Waals surface area contributed by atoms with Gasteiger partial charge in [-0.2, -0.15) is 0 Å². The number of amides is 2. The van der Waals surface area contributed by atoms with Crippen molar-refractivity contribution in [2.45, 2.75) is 26.7 Å². The van der Waals surface area contributed by atoms with E-state index in [2.05, 4.69) is 19.2 Å². The minimum absolute atomic E-state index is 0.0256. The molecule has 0 radical (unpaired) electrons. The van der Waals surface area contributed by atoms with E-state index in [1.807, 2.05) is 0 Å². The minimum Gasteiger partial charge on any atom is -0.496 e. The largest absolute Gasteiger partial charge is 0.496 e. The van der Waals surface area contributed by atoms with E-state index in [9.17, 15) is 9.59 Å². The van der Waals surface area contributed by atoms with Crippen molar-refractivity contribution >= 4 is 11.8 Å². The van der Waals surface area contributed by atoms with E-state index in [4.69, 9.17) is 9.47 Å². The lowest BCUT2D eigenvalue weighted by atomic mass is 9.95. The molecular weight excluding hydrogens is 320 g/mol. The van der Waals surface area contributed by atoms with Crippen LogP contribution in [-0.4, -0.2) is 50.6 Å². The van der Waals surface area contributed by atoms with Crippen molar-refractivity contribution in [2.24, 2.45) is 11.8 Å². The molecule has 2 amide bonds. The van der Waals surface area contributed by atoms with Crippen LogP contribution in [0.5, 0.6) is 11.5 Å². The zero-order chi connectivity index (χ0) is 18.4. The summed E-state index contributed by atoms with van der Waals surface area (Å²) >= 11 is 0. The molecule has 1 N–H and O–H groups in total. The molecule has 0 aliphatic carbocycles. The van der Waals surface area contributed by atoms with Gasteiger partial charge in [0.15, 0.2) is 0 Å². The molecule has 1 aromatic carbocycles. The molecule has 0 bridgehead atoms. The Balaban J connectivity index is 2.01. The summed E-state index contributed by atoms with van der Waals surface area (Å²) in [7, 11) is 3.08. The van der Waals surface area contributed by atoms with Crippen molar-refractivity contribution in [3.05, 3.63) is 23.8 Å². The quantitative estimate of drug-likeness (QED) is 0.857. The van der Waals surface area contributed by atoms with Gasteiger partial charge in [0.1, 0.15) is 17.1 Å². The summed E-state index contributed by atoms with van der Waals surface area (Å²) in [6, 6.07) is 5.30. The van der Waals surface area contributed by atoms with Crippen LogP contribution in [0.25, 0.3) is 0 Å². The second-order valence-electron chi connectivity index (χ2n) is 6.74. The van der Waals surface area contributed by atoms with Gasteiger partial charge in [-0.05, 0) is 30.9 Å². The number of carbonyl (C=O) groups excluding carboxylic acids is 2. The van der Waals surface area contributed by atoms with Gasteiger partial charge in [0.05, 0.1) is 14.2 Å². The number of piperidine rings is 1. The van der Waals surface area contributed by atoms with Gasteiger partial charge in [-0.15, -0.1) is 0 Å². The maximum absolute atomic E-state index is 12.9. The molecule has 1 fully saturated rings. The van der Waals surface area contributed by atoms with Gasteiger partial charge in [-0.25, -0.2) is 0 Å². The lowest BCUT2D eigenvalue weighted by Crippen LogP contribution is -2.43. The lowest BCUT2D eigenvalue weighted by molar-refractivity contribution is -0.126. The van der Waals surface area contributed by atoms with Crippen molar-refractivity contribution < 1.29 is 19.1 Å². The molecule has 1 aromatic rings. The molecule has 138 valence electrons. The number of nitrogens with one attached hydrogen (secondary N) is 1. The lowest BCUT2D eigenvalue weighted by Gasteiger charge is -2.32. The van der Waals surface area contributed by atoms with Crippen molar-refractivity contribution in [1.29, 1.82) is 0 Å². The second kappa shape index (κ2) is 8.74. The predicted molar refractivity (Wildman–Crippen MR) is 96.0 cm³/mol. The third-order valence-corrected chi connectivity index (χ3v) is 4.48. The van der Waals surface area contributed by atoms with Crippen LogP contribution in [0.15, 0.2) is 18.2 Å². The third kappa shape index (κ3) is 4.65. The van der Waals surface area contributed by atoms with E-state index in [0.29, 0.717) is 55.5 Å². The first kappa shape index (κ1) is 19.1. The van der Waals surface area contributed by atoms with Crippen LogP contribution in [0.3, 0.4) is 0 Å². The number of hydrogen-bond acceptors (Lipinski definition) is 4. The molecule has 6 nitrogen and oxygen atoms in total. The molecule has 0 saturated carbocycles. The second-order valence-corrected chi connectivity index (χ2v) is 6.74. The summed E-state index contributed by atoms with van der Waals surface area (Å²) in [6.07, 6.45) is 1.35. The number of methoxy groups -OCH3 is 2. The van der Waals surface area contributed by atoms with Gasteiger partial charge in [0.25, 0.3) is 5.91 Å². The summed E-state index contributed by atoms with van der Waals surface area (Å²) in [5, 5.41) is 2.98. The van der Waals surface area contributed by atoms with Crippen LogP contribution in [0.4, 0.5) is 0 Å². The first-order valence-electron chi connectivity index (χ1n) is 8.75. The Morgan fingerprint density at radius 2 is 1.72 bits per heavy atom. The Bertz CT molecular complexity index is 585. The standard InChI is InChI=1S/C19H28N2O4/c1-13(2)12-20-18(22)14-8-10-21(11-9-14)19(23)17-15(24-3)6-5-7-16(17)25-4/h5-7,13-14H,8-12H2,1-4H3,(H,20,22). The maximum Gasteiger partial charge on any atom is 0.261 e. The molecule has 1 aliphatic rings. The predicted octanol–water partition coefficient (Wildman–Crippen LogP) is 2.33. The average molecular weight is 348 g/mol. The highest BCUT2D eigenvalue weighted by atomic mass is 16.5. The van der Waals surface area contributed by atoms with Crippen molar-refractivity contribution in [2.75, 3.05) is 33.9 Å². The Morgan fingerprint density at radius 3 is 2.20 bits per heavy atom. The van der Waals surface area contributed by atoms with E-state index in [1.165, 1.54) is 14.2 Å². The molecule has 0 aromatic heterocycles. The molecule has 1 saturated heterocycles. The normalized spacial score (nSPS) is 15.2. The van der Waals surface area contributed by atoms with E-state index in [1.54, 1.807) is 23.1 Å². The smallest absolute Gasteiger partial charge is 0.261 e. The maximum atomic E-state index is 12.9. The van der Waals surface area contributed by atoms with E-state index >= 15 is 0 Å².